The summed E-state index contributed by atoms with van der Waals surface area (Å²) in [6.45, 7) is 1.03. The topological polar surface area (TPSA) is 71.4 Å². The first-order valence-electron chi connectivity index (χ1n) is 8.38. The minimum Gasteiger partial charge on any atom is -0.337 e. The molecule has 1 aliphatic rings. The Morgan fingerprint density at radius 3 is 3.08 bits per heavy atom. The number of hydrogen-bond acceptors (Lipinski definition) is 4. The van der Waals surface area contributed by atoms with Gasteiger partial charge in [0, 0.05) is 30.0 Å². The Morgan fingerprint density at radius 1 is 1.25 bits per heavy atom. The Hall–Kier alpha value is -2.89. The first kappa shape index (κ1) is 13.5. The van der Waals surface area contributed by atoms with Crippen LogP contribution in [0.1, 0.15) is 19.3 Å². The van der Waals surface area contributed by atoms with Crippen LogP contribution in [0.4, 0.5) is 11.5 Å². The Morgan fingerprint density at radius 2 is 2.21 bits per heavy atom. The molecule has 0 saturated heterocycles. The summed E-state index contributed by atoms with van der Waals surface area (Å²) in [6.07, 6.45) is 7.95. The summed E-state index contributed by atoms with van der Waals surface area (Å²) in [4.78, 5) is 4.38. The van der Waals surface area contributed by atoms with Gasteiger partial charge in [-0.25, -0.2) is 0 Å². The summed E-state index contributed by atoms with van der Waals surface area (Å²) in [5.74, 6) is 1.55. The van der Waals surface area contributed by atoms with Gasteiger partial charge in [0.05, 0.1) is 11.0 Å². The van der Waals surface area contributed by atoms with Crippen LogP contribution in [0.3, 0.4) is 0 Å². The summed E-state index contributed by atoms with van der Waals surface area (Å²) in [6, 6.07) is 10.1. The van der Waals surface area contributed by atoms with E-state index in [1.54, 1.807) is 6.20 Å². The van der Waals surface area contributed by atoms with Gasteiger partial charge in [-0.2, -0.15) is 10.2 Å². The maximum atomic E-state index is 4.68. The lowest BCUT2D eigenvalue weighted by molar-refractivity contribution is 0.267. The minimum absolute atomic E-state index is 0.742. The maximum absolute atomic E-state index is 4.68. The third-order valence-corrected chi connectivity index (χ3v) is 4.80. The minimum atomic E-state index is 0.742. The van der Waals surface area contributed by atoms with E-state index in [1.165, 1.54) is 19.3 Å². The molecule has 4 aromatic rings. The summed E-state index contributed by atoms with van der Waals surface area (Å²) in [5, 5.41) is 16.5. The number of benzene rings is 1. The fourth-order valence-electron chi connectivity index (χ4n) is 3.27. The number of H-pyrrole nitrogens is 1. The fraction of sp³-hybridized carbons (Fsp3) is 0.278. The second-order valence-corrected chi connectivity index (χ2v) is 6.52. The smallest absolute Gasteiger partial charge is 0.178 e. The van der Waals surface area contributed by atoms with Gasteiger partial charge in [-0.1, -0.05) is 6.42 Å². The van der Waals surface area contributed by atoms with E-state index in [0.717, 1.165) is 45.9 Å². The zero-order chi connectivity index (χ0) is 15.9. The normalized spacial score (nSPS) is 15.0. The Bertz CT molecular complexity index is 1010. The average molecular weight is 318 g/mol. The quantitative estimate of drug-likeness (QED) is 0.599. The van der Waals surface area contributed by atoms with E-state index in [4.69, 9.17) is 0 Å². The van der Waals surface area contributed by atoms with Gasteiger partial charge in [0.25, 0.3) is 0 Å². The molecular formula is C18H18N6. The third kappa shape index (κ3) is 2.31. The third-order valence-electron chi connectivity index (χ3n) is 4.80. The highest BCUT2D eigenvalue weighted by Crippen LogP contribution is 2.29. The number of hydrogen-bond donors (Lipinski definition) is 2. The molecule has 3 aromatic heterocycles. The molecule has 0 aliphatic heterocycles. The van der Waals surface area contributed by atoms with Crippen molar-refractivity contribution in [1.29, 1.82) is 0 Å². The highest BCUT2D eigenvalue weighted by molar-refractivity contribution is 5.89. The predicted molar refractivity (Wildman–Crippen MR) is 94.2 cm³/mol. The van der Waals surface area contributed by atoms with E-state index in [-0.39, 0.29) is 0 Å². The Balaban J connectivity index is 1.44. The van der Waals surface area contributed by atoms with Crippen molar-refractivity contribution in [1.82, 2.24) is 25.0 Å². The summed E-state index contributed by atoms with van der Waals surface area (Å²) in [7, 11) is 0. The van der Waals surface area contributed by atoms with Crippen molar-refractivity contribution < 1.29 is 0 Å². The molecule has 1 fully saturated rings. The van der Waals surface area contributed by atoms with Crippen molar-refractivity contribution in [2.75, 3.05) is 5.32 Å². The molecule has 0 spiro atoms. The Labute approximate surface area is 138 Å². The van der Waals surface area contributed by atoms with Gasteiger partial charge >= 0.3 is 0 Å². The van der Waals surface area contributed by atoms with Crippen molar-refractivity contribution in [3.05, 3.63) is 42.7 Å². The van der Waals surface area contributed by atoms with Gasteiger partial charge in [0.2, 0.25) is 0 Å². The van der Waals surface area contributed by atoms with Crippen molar-refractivity contribution >= 4 is 33.4 Å². The fourth-order valence-corrected chi connectivity index (χ4v) is 3.27. The molecule has 2 N–H and O–H groups in total. The van der Waals surface area contributed by atoms with Crippen molar-refractivity contribution in [3.8, 4) is 0 Å². The van der Waals surface area contributed by atoms with Crippen molar-refractivity contribution in [2.24, 2.45) is 5.92 Å². The van der Waals surface area contributed by atoms with Crippen LogP contribution in [0.2, 0.25) is 0 Å². The molecule has 0 unspecified atom stereocenters. The van der Waals surface area contributed by atoms with E-state index in [2.05, 4.69) is 48.6 Å². The van der Waals surface area contributed by atoms with Crippen LogP contribution < -0.4 is 5.32 Å². The maximum Gasteiger partial charge on any atom is 0.178 e. The average Bonchev–Trinajstić information content (AvgIpc) is 3.15. The molecule has 1 aliphatic carbocycles. The first-order valence-corrected chi connectivity index (χ1v) is 8.38. The summed E-state index contributed by atoms with van der Waals surface area (Å²) >= 11 is 0. The van der Waals surface area contributed by atoms with E-state index in [9.17, 15) is 0 Å². The zero-order valence-electron chi connectivity index (χ0n) is 13.2. The van der Waals surface area contributed by atoms with Crippen LogP contribution in [-0.4, -0.2) is 25.0 Å². The molecular weight excluding hydrogens is 300 g/mol. The first-order chi connectivity index (χ1) is 11.8. The van der Waals surface area contributed by atoms with Crippen LogP contribution in [0.25, 0.3) is 21.9 Å². The number of anilines is 2. The molecule has 24 heavy (non-hydrogen) atoms. The van der Waals surface area contributed by atoms with Crippen LogP contribution in [0.15, 0.2) is 42.7 Å². The van der Waals surface area contributed by atoms with Crippen LogP contribution in [0.5, 0.6) is 0 Å². The van der Waals surface area contributed by atoms with Gasteiger partial charge in [-0.3, -0.25) is 14.8 Å². The van der Waals surface area contributed by atoms with Crippen molar-refractivity contribution in [3.63, 3.8) is 0 Å². The lowest BCUT2D eigenvalue weighted by atomic mass is 9.85. The molecule has 0 amide bonds. The molecule has 3 heterocycles. The highest BCUT2D eigenvalue weighted by atomic mass is 15.3. The Kier molecular flexibility index (Phi) is 3.01. The van der Waals surface area contributed by atoms with Gasteiger partial charge < -0.3 is 5.32 Å². The number of aromatic amines is 1. The molecule has 6 nitrogen and oxygen atoms in total. The predicted octanol–water partition coefficient (Wildman–Crippen LogP) is 3.85. The van der Waals surface area contributed by atoms with E-state index >= 15 is 0 Å². The molecule has 0 radical (unpaired) electrons. The largest absolute Gasteiger partial charge is 0.337 e. The number of nitrogens with one attached hydrogen (secondary N) is 2. The molecule has 5 rings (SSSR count). The molecule has 6 heteroatoms. The monoisotopic (exact) mass is 318 g/mol. The molecule has 0 bridgehead atoms. The lowest BCUT2D eigenvalue weighted by Gasteiger charge is -2.24. The number of aromatic nitrogens is 5. The van der Waals surface area contributed by atoms with Gasteiger partial charge in [-0.05, 0) is 49.1 Å². The summed E-state index contributed by atoms with van der Waals surface area (Å²) in [5.41, 5.74) is 3.79. The van der Waals surface area contributed by atoms with Gasteiger partial charge in [0.15, 0.2) is 5.82 Å². The van der Waals surface area contributed by atoms with Crippen molar-refractivity contribution in [2.45, 2.75) is 25.8 Å². The second-order valence-electron chi connectivity index (χ2n) is 6.52. The molecule has 0 atom stereocenters. The number of fused-ring (bicyclic) bond motifs is 2. The highest BCUT2D eigenvalue weighted by Gasteiger charge is 2.18. The number of pyridine rings is 1. The second kappa shape index (κ2) is 5.33. The molecule has 1 aromatic carbocycles. The zero-order valence-corrected chi connectivity index (χ0v) is 13.2. The van der Waals surface area contributed by atoms with Crippen LogP contribution in [-0.2, 0) is 6.54 Å². The van der Waals surface area contributed by atoms with E-state index < -0.39 is 0 Å². The van der Waals surface area contributed by atoms with E-state index in [0.29, 0.717) is 0 Å². The number of nitrogens with zero attached hydrogens (tertiary/aromatic N) is 4. The lowest BCUT2D eigenvalue weighted by Crippen LogP contribution is -2.18. The molecule has 1 saturated carbocycles. The van der Waals surface area contributed by atoms with Gasteiger partial charge in [0.1, 0.15) is 5.52 Å². The number of rotatable bonds is 4. The van der Waals surface area contributed by atoms with Gasteiger partial charge in [-0.15, -0.1) is 0 Å². The van der Waals surface area contributed by atoms with E-state index in [1.807, 2.05) is 18.2 Å². The van der Waals surface area contributed by atoms with Crippen LogP contribution in [0, 0.1) is 5.92 Å². The SMILES string of the molecule is c1cnc2c(Nc3ccc4nn(CC5CCC5)cc4c3)n[nH]c2c1. The van der Waals surface area contributed by atoms with Crippen LogP contribution >= 0.6 is 0 Å². The summed E-state index contributed by atoms with van der Waals surface area (Å²) < 4.78 is 2.09. The molecule has 120 valence electrons. The standard InChI is InChI=1S/C18H18N6/c1-3-12(4-1)10-24-11-13-9-14(6-7-15(13)23-24)20-18-17-16(21-22-18)5-2-8-19-17/h2,5-9,11-12H,1,3-4,10H2,(H2,20,21,22).